The number of rotatable bonds is 13. The number of benzene rings is 1. The lowest BCUT2D eigenvalue weighted by Gasteiger charge is -2.15. The number of aromatic nitrogens is 3. The standard InChI is InChI=1S/C32H36ClN7O5/c1-34-29(43)13-23(41)18-36-15-21-16-37-27-12-19(10-11-40(27)32(21)44)24-4-3-5-25(30(24)33)26-8-6-20(31(39-26)45-2)14-35-17-22-7-9-28(42)38-22/h3-6,8,10-12,16,22-23,35-36,41H,7,9,13-15,17-18H2,1-2H3,(H,34,43)(H,38,42)/t22-,23-/m0/s1. The minimum atomic E-state index is -0.867. The smallest absolute Gasteiger partial charge is 0.262 e. The fourth-order valence-corrected chi connectivity index (χ4v) is 5.59. The molecule has 0 bridgehead atoms. The van der Waals surface area contributed by atoms with Crippen LogP contribution in [0.3, 0.4) is 0 Å². The topological polar surface area (TPSA) is 159 Å². The summed E-state index contributed by atoms with van der Waals surface area (Å²) in [6.45, 7) is 1.56. The van der Waals surface area contributed by atoms with Gasteiger partial charge in [-0.25, -0.2) is 9.97 Å². The van der Waals surface area contributed by atoms with Crippen LogP contribution < -0.4 is 31.6 Å². The van der Waals surface area contributed by atoms with Crippen molar-refractivity contribution in [2.45, 2.75) is 44.5 Å². The van der Waals surface area contributed by atoms with Crippen LogP contribution in [0.25, 0.3) is 28.0 Å². The van der Waals surface area contributed by atoms with Crippen molar-refractivity contribution in [2.24, 2.45) is 0 Å². The first-order valence-corrected chi connectivity index (χ1v) is 15.1. The Kier molecular flexibility index (Phi) is 10.4. The molecule has 13 heteroatoms. The first-order valence-electron chi connectivity index (χ1n) is 14.7. The molecule has 0 unspecified atom stereocenters. The largest absolute Gasteiger partial charge is 0.481 e. The van der Waals surface area contributed by atoms with Crippen molar-refractivity contribution in [1.82, 2.24) is 35.6 Å². The minimum absolute atomic E-state index is 0.0271. The molecule has 45 heavy (non-hydrogen) atoms. The van der Waals surface area contributed by atoms with E-state index < -0.39 is 6.10 Å². The summed E-state index contributed by atoms with van der Waals surface area (Å²) < 4.78 is 7.05. The number of carbonyl (C=O) groups excluding carboxylic acids is 2. The summed E-state index contributed by atoms with van der Waals surface area (Å²) >= 11 is 6.94. The highest BCUT2D eigenvalue weighted by Gasteiger charge is 2.20. The van der Waals surface area contributed by atoms with Crippen LogP contribution in [0.5, 0.6) is 5.88 Å². The van der Waals surface area contributed by atoms with E-state index in [1.165, 1.54) is 17.6 Å². The van der Waals surface area contributed by atoms with Crippen LogP contribution in [0.15, 0.2) is 59.7 Å². The van der Waals surface area contributed by atoms with Crippen LogP contribution in [0.2, 0.25) is 5.02 Å². The molecule has 2 amide bonds. The number of ether oxygens (including phenoxy) is 1. The van der Waals surface area contributed by atoms with E-state index in [1.807, 2.05) is 30.3 Å². The van der Waals surface area contributed by atoms with Crippen molar-refractivity contribution < 1.29 is 19.4 Å². The number of amides is 2. The van der Waals surface area contributed by atoms with E-state index in [1.54, 1.807) is 25.4 Å². The van der Waals surface area contributed by atoms with Crippen molar-refractivity contribution in [3.63, 3.8) is 0 Å². The van der Waals surface area contributed by atoms with E-state index >= 15 is 0 Å². The van der Waals surface area contributed by atoms with Crippen LogP contribution in [-0.2, 0) is 22.7 Å². The summed E-state index contributed by atoms with van der Waals surface area (Å²) in [5, 5.41) is 22.3. The van der Waals surface area contributed by atoms with Gasteiger partial charge in [0.05, 0.1) is 30.4 Å². The second-order valence-electron chi connectivity index (χ2n) is 10.9. The lowest BCUT2D eigenvalue weighted by atomic mass is 10.0. The third kappa shape index (κ3) is 7.66. The van der Waals surface area contributed by atoms with Crippen molar-refractivity contribution in [3.8, 4) is 28.3 Å². The number of aliphatic hydroxyl groups excluding tert-OH is 1. The Morgan fingerprint density at radius 1 is 1.16 bits per heavy atom. The number of pyridine rings is 2. The van der Waals surface area contributed by atoms with Crippen LogP contribution >= 0.6 is 11.6 Å². The molecule has 5 N–H and O–H groups in total. The van der Waals surface area contributed by atoms with Gasteiger partial charge in [0.1, 0.15) is 5.65 Å². The van der Waals surface area contributed by atoms with Crippen molar-refractivity contribution in [2.75, 3.05) is 27.2 Å². The fourth-order valence-electron chi connectivity index (χ4n) is 5.26. The van der Waals surface area contributed by atoms with Gasteiger partial charge >= 0.3 is 0 Å². The Labute approximate surface area is 265 Å². The Hall–Kier alpha value is -4.36. The highest BCUT2D eigenvalue weighted by molar-refractivity contribution is 6.36. The third-order valence-corrected chi connectivity index (χ3v) is 8.09. The molecule has 4 heterocycles. The zero-order valence-corrected chi connectivity index (χ0v) is 25.9. The molecule has 1 fully saturated rings. The Bertz CT molecular complexity index is 1760. The van der Waals surface area contributed by atoms with Crippen LogP contribution in [-0.4, -0.2) is 70.7 Å². The molecule has 0 saturated carbocycles. The Morgan fingerprint density at radius 2 is 1.96 bits per heavy atom. The lowest BCUT2D eigenvalue weighted by Crippen LogP contribution is -2.35. The number of nitrogens with one attached hydrogen (secondary N) is 4. The quantitative estimate of drug-likeness (QED) is 0.149. The average molecular weight is 634 g/mol. The minimum Gasteiger partial charge on any atom is -0.481 e. The number of fused-ring (bicyclic) bond motifs is 1. The summed E-state index contributed by atoms with van der Waals surface area (Å²) in [6, 6.07) is 13.3. The average Bonchev–Trinajstić information content (AvgIpc) is 3.46. The van der Waals surface area contributed by atoms with E-state index in [4.69, 9.17) is 21.3 Å². The molecule has 1 aromatic carbocycles. The van der Waals surface area contributed by atoms with Crippen molar-refractivity contribution >= 4 is 29.1 Å². The molecule has 3 aromatic heterocycles. The van der Waals surface area contributed by atoms with Gasteiger partial charge in [0.15, 0.2) is 0 Å². The first-order chi connectivity index (χ1) is 21.8. The maximum atomic E-state index is 13.1. The van der Waals surface area contributed by atoms with Gasteiger partial charge in [-0.2, -0.15) is 0 Å². The molecule has 0 radical (unpaired) electrons. The maximum absolute atomic E-state index is 13.1. The normalized spacial score (nSPS) is 15.2. The van der Waals surface area contributed by atoms with Gasteiger partial charge in [0.25, 0.3) is 5.56 Å². The van der Waals surface area contributed by atoms with Crippen LogP contribution in [0, 0.1) is 0 Å². The summed E-state index contributed by atoms with van der Waals surface area (Å²) in [6.07, 6.45) is 3.66. The zero-order chi connectivity index (χ0) is 31.9. The number of hydrogen-bond acceptors (Lipinski definition) is 9. The van der Waals surface area contributed by atoms with Gasteiger partial charge in [-0.15, -0.1) is 0 Å². The van der Waals surface area contributed by atoms with Gasteiger partial charge in [-0.3, -0.25) is 18.8 Å². The number of nitrogens with zero attached hydrogens (tertiary/aromatic N) is 3. The van der Waals surface area contributed by atoms with Gasteiger partial charge in [0, 0.05) is 80.3 Å². The molecule has 1 aliphatic heterocycles. The number of hydrogen-bond donors (Lipinski definition) is 5. The van der Waals surface area contributed by atoms with Gasteiger partial charge in [-0.1, -0.05) is 35.9 Å². The zero-order valence-electron chi connectivity index (χ0n) is 25.1. The highest BCUT2D eigenvalue weighted by Crippen LogP contribution is 2.36. The van der Waals surface area contributed by atoms with Crippen LogP contribution in [0.1, 0.15) is 30.4 Å². The molecule has 2 atom stereocenters. The maximum Gasteiger partial charge on any atom is 0.262 e. The first kappa shape index (κ1) is 32.0. The van der Waals surface area contributed by atoms with E-state index in [9.17, 15) is 19.5 Å². The molecule has 0 aliphatic carbocycles. The molecule has 0 spiro atoms. The third-order valence-electron chi connectivity index (χ3n) is 7.69. The Balaban J connectivity index is 1.31. The Morgan fingerprint density at radius 3 is 2.71 bits per heavy atom. The predicted molar refractivity (Wildman–Crippen MR) is 171 cm³/mol. The van der Waals surface area contributed by atoms with Gasteiger partial charge in [0.2, 0.25) is 17.7 Å². The summed E-state index contributed by atoms with van der Waals surface area (Å²) in [5.41, 5.74) is 4.45. The summed E-state index contributed by atoms with van der Waals surface area (Å²) in [4.78, 5) is 45.2. The van der Waals surface area contributed by atoms with Gasteiger partial charge < -0.3 is 31.1 Å². The molecule has 1 aliphatic rings. The number of carbonyl (C=O) groups is 2. The molecule has 4 aromatic rings. The monoisotopic (exact) mass is 633 g/mol. The van der Waals surface area contributed by atoms with E-state index in [-0.39, 0.29) is 42.9 Å². The van der Waals surface area contributed by atoms with E-state index in [0.717, 1.165) is 28.7 Å². The SMILES string of the molecule is CNC(=O)C[C@H](O)CNCc1cnc2cc(-c3cccc(-c4ccc(CNC[C@@H]5CCC(=O)N5)c(OC)n4)c3Cl)ccn2c1=O. The number of aliphatic hydroxyl groups is 1. The molecule has 5 rings (SSSR count). The summed E-state index contributed by atoms with van der Waals surface area (Å²) in [5.74, 6) is 0.312. The number of methoxy groups -OCH3 is 1. The highest BCUT2D eigenvalue weighted by atomic mass is 35.5. The predicted octanol–water partition coefficient (Wildman–Crippen LogP) is 2.04. The molecule has 236 valence electrons. The van der Waals surface area contributed by atoms with E-state index in [2.05, 4.69) is 26.3 Å². The fraction of sp³-hybridized carbons (Fsp3) is 0.344. The van der Waals surface area contributed by atoms with Gasteiger partial charge in [-0.05, 0) is 30.2 Å². The lowest BCUT2D eigenvalue weighted by molar-refractivity contribution is -0.122. The van der Waals surface area contributed by atoms with Crippen molar-refractivity contribution in [1.29, 1.82) is 0 Å². The van der Waals surface area contributed by atoms with Crippen molar-refractivity contribution in [3.05, 3.63) is 81.4 Å². The second-order valence-corrected chi connectivity index (χ2v) is 11.2. The molecular formula is C32H36ClN7O5. The number of halogens is 1. The molecule has 12 nitrogen and oxygen atoms in total. The van der Waals surface area contributed by atoms with E-state index in [0.29, 0.717) is 47.3 Å². The van der Waals surface area contributed by atoms with Crippen LogP contribution in [0.4, 0.5) is 0 Å². The second kappa shape index (κ2) is 14.6. The molecule has 1 saturated heterocycles. The summed E-state index contributed by atoms with van der Waals surface area (Å²) in [7, 11) is 3.09. The molecular weight excluding hydrogens is 598 g/mol.